The van der Waals surface area contributed by atoms with Crippen molar-refractivity contribution >= 4 is 12.2 Å². The maximum absolute atomic E-state index is 10.6. The quantitative estimate of drug-likeness (QED) is 0.752. The van der Waals surface area contributed by atoms with Gasteiger partial charge in [-0.05, 0) is 38.0 Å². The zero-order valence-electron chi connectivity index (χ0n) is 10.5. The molecule has 2 aliphatic heterocycles. The smallest absolute Gasteiger partial charge is 0.209 e. The van der Waals surface area contributed by atoms with Gasteiger partial charge in [0.05, 0.1) is 5.84 Å². The number of amidine groups is 1. The monoisotopic (exact) mass is 237 g/mol. The summed E-state index contributed by atoms with van der Waals surface area (Å²) in [5.74, 6) is 1.99. The highest BCUT2D eigenvalue weighted by atomic mass is 16.1. The summed E-state index contributed by atoms with van der Waals surface area (Å²) in [5.41, 5.74) is 0. The summed E-state index contributed by atoms with van der Waals surface area (Å²) >= 11 is 0. The lowest BCUT2D eigenvalue weighted by molar-refractivity contribution is -0.119. The Bertz CT molecular complexity index is 270. The third-order valence-corrected chi connectivity index (χ3v) is 3.80. The summed E-state index contributed by atoms with van der Waals surface area (Å²) < 4.78 is 0. The number of hydrogen-bond acceptors (Lipinski definition) is 3. The van der Waals surface area contributed by atoms with Crippen molar-refractivity contribution in [1.82, 2.24) is 10.2 Å². The van der Waals surface area contributed by atoms with E-state index in [1.165, 1.54) is 25.1 Å². The number of nitrogens with one attached hydrogen (secondary N) is 1. The second-order valence-electron chi connectivity index (χ2n) is 5.09. The first kappa shape index (κ1) is 12.4. The normalized spacial score (nSPS) is 22.6. The van der Waals surface area contributed by atoms with E-state index in [1.54, 1.807) is 0 Å². The van der Waals surface area contributed by atoms with E-state index in [0.29, 0.717) is 0 Å². The van der Waals surface area contributed by atoms with Crippen LogP contribution in [0.25, 0.3) is 0 Å². The van der Waals surface area contributed by atoms with Gasteiger partial charge in [0.15, 0.2) is 0 Å². The van der Waals surface area contributed by atoms with Gasteiger partial charge in [-0.2, -0.15) is 0 Å². The summed E-state index contributed by atoms with van der Waals surface area (Å²) in [7, 11) is 0. The summed E-state index contributed by atoms with van der Waals surface area (Å²) in [6.07, 6.45) is 8.06. The molecule has 0 atom stereocenters. The van der Waals surface area contributed by atoms with Crippen LogP contribution in [-0.2, 0) is 4.79 Å². The highest BCUT2D eigenvalue weighted by Crippen LogP contribution is 2.21. The number of amides is 1. The summed E-state index contributed by atoms with van der Waals surface area (Å²) in [6.45, 7) is 3.95. The average Bonchev–Trinajstić information content (AvgIpc) is 2.65. The fraction of sp³-hybridized carbons (Fsp3) is 0.846. The number of carbonyl (C=O) groups is 1. The van der Waals surface area contributed by atoms with Crippen molar-refractivity contribution in [3.63, 3.8) is 0 Å². The highest BCUT2D eigenvalue weighted by molar-refractivity contribution is 5.82. The first-order chi connectivity index (χ1) is 8.38. The number of nitrogens with zero attached hydrogens (tertiary/aromatic N) is 2. The number of carbonyl (C=O) groups excluding carboxylic acids is 1. The summed E-state index contributed by atoms with van der Waals surface area (Å²) in [5, 5.41) is 3.42. The molecule has 0 bridgehead atoms. The maximum Gasteiger partial charge on any atom is 0.209 e. The summed E-state index contributed by atoms with van der Waals surface area (Å²) in [6, 6.07) is 0. The van der Waals surface area contributed by atoms with E-state index in [4.69, 9.17) is 0 Å². The lowest BCUT2D eigenvalue weighted by Gasteiger charge is -2.29. The van der Waals surface area contributed by atoms with Crippen LogP contribution in [0, 0.1) is 5.92 Å². The molecular formula is C13H23N3O. The van der Waals surface area contributed by atoms with Gasteiger partial charge in [-0.15, -0.1) is 0 Å². The molecule has 4 nitrogen and oxygen atoms in total. The Balaban J connectivity index is 1.68. The Morgan fingerprint density at radius 1 is 1.35 bits per heavy atom. The largest absolute Gasteiger partial charge is 0.374 e. The molecule has 2 aliphatic rings. The third-order valence-electron chi connectivity index (χ3n) is 3.80. The molecule has 1 N–H and O–H groups in total. The third kappa shape index (κ3) is 4.02. The molecule has 17 heavy (non-hydrogen) atoms. The maximum atomic E-state index is 10.6. The second-order valence-corrected chi connectivity index (χ2v) is 5.09. The minimum atomic E-state index is 0.777. The predicted octanol–water partition coefficient (Wildman–Crippen LogP) is 1.42. The molecule has 96 valence electrons. The Hall–Kier alpha value is -1.06. The predicted molar refractivity (Wildman–Crippen MR) is 69.1 cm³/mol. The molecule has 1 amide bonds. The zero-order valence-corrected chi connectivity index (χ0v) is 10.5. The lowest BCUT2D eigenvalue weighted by atomic mass is 9.92. The number of aliphatic imine (C=N–C) groups is 1. The molecule has 2 heterocycles. The van der Waals surface area contributed by atoms with E-state index in [2.05, 4.69) is 10.3 Å². The van der Waals surface area contributed by atoms with Crippen LogP contribution in [0.4, 0.5) is 0 Å². The number of likely N-dealkylation sites (tertiary alicyclic amines) is 1. The Labute approximate surface area is 103 Å². The van der Waals surface area contributed by atoms with Gasteiger partial charge in [-0.3, -0.25) is 9.79 Å². The molecule has 4 heteroatoms. The molecule has 0 spiro atoms. The minimum absolute atomic E-state index is 0.777. The van der Waals surface area contributed by atoms with Crippen molar-refractivity contribution in [1.29, 1.82) is 0 Å². The molecule has 0 aromatic heterocycles. The van der Waals surface area contributed by atoms with Crippen LogP contribution in [0.3, 0.4) is 0 Å². The second kappa shape index (κ2) is 6.62. The fourth-order valence-corrected chi connectivity index (χ4v) is 2.59. The van der Waals surface area contributed by atoms with Gasteiger partial charge < -0.3 is 10.2 Å². The number of hydrogen-bond donors (Lipinski definition) is 1. The van der Waals surface area contributed by atoms with Crippen molar-refractivity contribution < 1.29 is 4.79 Å². The first-order valence-corrected chi connectivity index (χ1v) is 6.85. The number of piperidine rings is 1. The Morgan fingerprint density at radius 3 is 2.94 bits per heavy atom. The molecule has 0 radical (unpaired) electrons. The van der Waals surface area contributed by atoms with Gasteiger partial charge in [-0.1, -0.05) is 0 Å². The van der Waals surface area contributed by atoms with Crippen LogP contribution in [0.2, 0.25) is 0 Å². The van der Waals surface area contributed by atoms with Crippen molar-refractivity contribution in [2.24, 2.45) is 10.9 Å². The Morgan fingerprint density at radius 2 is 2.18 bits per heavy atom. The molecule has 1 saturated heterocycles. The van der Waals surface area contributed by atoms with Crippen molar-refractivity contribution in [3.8, 4) is 0 Å². The molecule has 0 unspecified atom stereocenters. The van der Waals surface area contributed by atoms with E-state index >= 15 is 0 Å². The van der Waals surface area contributed by atoms with Crippen LogP contribution in [0.1, 0.15) is 38.5 Å². The van der Waals surface area contributed by atoms with Gasteiger partial charge in [0.2, 0.25) is 6.41 Å². The fourth-order valence-electron chi connectivity index (χ4n) is 2.59. The van der Waals surface area contributed by atoms with Crippen LogP contribution in [-0.4, -0.2) is 43.3 Å². The molecule has 0 aromatic rings. The summed E-state index contributed by atoms with van der Waals surface area (Å²) in [4.78, 5) is 17.1. The van der Waals surface area contributed by atoms with Gasteiger partial charge in [-0.25, -0.2) is 0 Å². The van der Waals surface area contributed by atoms with Crippen LogP contribution in [0.5, 0.6) is 0 Å². The van der Waals surface area contributed by atoms with Crippen LogP contribution in [0.15, 0.2) is 4.99 Å². The molecule has 0 aliphatic carbocycles. The number of rotatable bonds is 4. The van der Waals surface area contributed by atoms with E-state index < -0.39 is 0 Å². The van der Waals surface area contributed by atoms with Crippen molar-refractivity contribution in [3.05, 3.63) is 0 Å². The van der Waals surface area contributed by atoms with Gasteiger partial charge in [0.25, 0.3) is 0 Å². The van der Waals surface area contributed by atoms with Crippen molar-refractivity contribution in [2.75, 3.05) is 26.2 Å². The molecule has 1 fully saturated rings. The molecule has 0 saturated carbocycles. The van der Waals surface area contributed by atoms with E-state index in [-0.39, 0.29) is 0 Å². The molecule has 0 aromatic carbocycles. The molecule has 2 rings (SSSR count). The van der Waals surface area contributed by atoms with E-state index in [1.807, 2.05) is 4.90 Å². The standard InChI is InChI=1S/C13H23N3O/c17-11-16-9-5-12(6-10-16)3-4-13-14-7-1-2-8-15-13/h11-12H,1-10H2,(H,14,15). The first-order valence-electron chi connectivity index (χ1n) is 6.85. The van der Waals surface area contributed by atoms with E-state index in [0.717, 1.165) is 57.8 Å². The topological polar surface area (TPSA) is 44.7 Å². The van der Waals surface area contributed by atoms with Crippen molar-refractivity contribution in [2.45, 2.75) is 38.5 Å². The SMILES string of the molecule is O=CN1CCC(CCC2=NCCCCN2)CC1. The van der Waals surface area contributed by atoms with Gasteiger partial charge in [0.1, 0.15) is 0 Å². The highest BCUT2D eigenvalue weighted by Gasteiger charge is 2.18. The lowest BCUT2D eigenvalue weighted by Crippen LogP contribution is -2.33. The van der Waals surface area contributed by atoms with E-state index in [9.17, 15) is 4.79 Å². The minimum Gasteiger partial charge on any atom is -0.374 e. The van der Waals surface area contributed by atoms with Gasteiger partial charge >= 0.3 is 0 Å². The van der Waals surface area contributed by atoms with Crippen LogP contribution >= 0.6 is 0 Å². The average molecular weight is 237 g/mol. The molecular weight excluding hydrogens is 214 g/mol. The van der Waals surface area contributed by atoms with Gasteiger partial charge in [0, 0.05) is 32.6 Å². The Kier molecular flexibility index (Phi) is 4.83. The zero-order chi connectivity index (χ0) is 11.9. The van der Waals surface area contributed by atoms with Crippen LogP contribution < -0.4 is 5.32 Å².